The number of nitro benzene ring substituents is 1. The lowest BCUT2D eigenvalue weighted by Crippen LogP contribution is -2.54. The van der Waals surface area contributed by atoms with E-state index >= 15 is 0 Å². The van der Waals surface area contributed by atoms with E-state index in [0.29, 0.717) is 74.8 Å². The third-order valence-electron chi connectivity index (χ3n) is 6.92. The first kappa shape index (κ1) is 26.9. The fourth-order valence-electron chi connectivity index (χ4n) is 4.67. The van der Waals surface area contributed by atoms with E-state index in [1.807, 2.05) is 23.1 Å². The molecule has 0 atom stereocenters. The van der Waals surface area contributed by atoms with Crippen LogP contribution in [-0.2, 0) is 4.79 Å². The van der Waals surface area contributed by atoms with Gasteiger partial charge in [-0.25, -0.2) is 4.98 Å². The maximum atomic E-state index is 13.0. The average Bonchev–Trinajstić information content (AvgIpc) is 3.43. The van der Waals surface area contributed by atoms with Crippen molar-refractivity contribution >= 4 is 56.9 Å². The molecule has 1 aromatic heterocycles. The molecule has 2 aliphatic rings. The first-order valence-electron chi connectivity index (χ1n) is 12.6. The number of hydrogen-bond donors (Lipinski definition) is 1. The van der Waals surface area contributed by atoms with Gasteiger partial charge in [-0.05, 0) is 24.3 Å². The number of carbonyl (C=O) groups is 2. The van der Waals surface area contributed by atoms with Crippen LogP contribution in [0.4, 0.5) is 22.2 Å². The number of non-ortho nitro benzene ring substituents is 1. The number of amides is 2. The zero-order valence-electron chi connectivity index (χ0n) is 21.2. The Balaban J connectivity index is 1.06. The number of nitrogens with one attached hydrogen (secondary N) is 1. The van der Waals surface area contributed by atoms with E-state index in [-0.39, 0.29) is 17.5 Å². The van der Waals surface area contributed by atoms with Gasteiger partial charge in [0.1, 0.15) is 5.69 Å². The fourth-order valence-corrected chi connectivity index (χ4v) is 5.55. The van der Waals surface area contributed by atoms with Crippen LogP contribution in [-0.4, -0.2) is 95.3 Å². The van der Waals surface area contributed by atoms with Crippen molar-refractivity contribution in [1.29, 1.82) is 0 Å². The minimum absolute atomic E-state index is 0.0659. The molecule has 0 radical (unpaired) electrons. The lowest BCUT2D eigenvalue weighted by molar-refractivity contribution is -0.384. The predicted octanol–water partition coefficient (Wildman–Crippen LogP) is 3.55. The van der Waals surface area contributed by atoms with E-state index < -0.39 is 4.92 Å². The first-order valence-corrected chi connectivity index (χ1v) is 13.9. The van der Waals surface area contributed by atoms with E-state index in [2.05, 4.69) is 20.1 Å². The monoisotopic (exact) mass is 569 g/mol. The maximum absolute atomic E-state index is 13.0. The Morgan fingerprint density at radius 2 is 1.62 bits per heavy atom. The Hall–Kier alpha value is -3.74. The van der Waals surface area contributed by atoms with Crippen LogP contribution in [0.2, 0.25) is 5.02 Å². The summed E-state index contributed by atoms with van der Waals surface area (Å²) in [5.41, 5.74) is 2.11. The molecule has 2 amide bonds. The van der Waals surface area contributed by atoms with E-state index in [1.54, 1.807) is 28.5 Å². The molecule has 0 spiro atoms. The van der Waals surface area contributed by atoms with Crippen LogP contribution in [0, 0.1) is 10.1 Å². The van der Waals surface area contributed by atoms with Crippen molar-refractivity contribution in [2.45, 2.75) is 0 Å². The van der Waals surface area contributed by atoms with Crippen molar-refractivity contribution in [3.8, 4) is 0 Å². The van der Waals surface area contributed by atoms with Crippen molar-refractivity contribution < 1.29 is 14.5 Å². The number of piperazine rings is 2. The number of nitrogens with zero attached hydrogens (tertiary/aromatic N) is 6. The molecule has 204 valence electrons. The number of aromatic nitrogens is 1. The van der Waals surface area contributed by atoms with Crippen molar-refractivity contribution in [3.05, 3.63) is 74.7 Å². The molecule has 1 N–H and O–H groups in total. The minimum atomic E-state index is -0.410. The van der Waals surface area contributed by atoms with Crippen LogP contribution in [0.3, 0.4) is 0 Å². The quantitative estimate of drug-likeness (QED) is 0.339. The third kappa shape index (κ3) is 6.47. The topological polar surface area (TPSA) is 115 Å². The van der Waals surface area contributed by atoms with Gasteiger partial charge in [0, 0.05) is 75.6 Å². The van der Waals surface area contributed by atoms with Gasteiger partial charge >= 0.3 is 0 Å². The van der Waals surface area contributed by atoms with Gasteiger partial charge in [-0.3, -0.25) is 24.6 Å². The lowest BCUT2D eigenvalue weighted by Gasteiger charge is -2.38. The van der Waals surface area contributed by atoms with E-state index in [0.717, 1.165) is 11.4 Å². The molecule has 11 nitrogen and oxygen atoms in total. The second-order valence-corrected chi connectivity index (χ2v) is 10.6. The van der Waals surface area contributed by atoms with Crippen LogP contribution in [0.5, 0.6) is 0 Å². The van der Waals surface area contributed by atoms with Crippen LogP contribution in [0.25, 0.3) is 0 Å². The van der Waals surface area contributed by atoms with Gasteiger partial charge in [-0.1, -0.05) is 23.7 Å². The van der Waals surface area contributed by atoms with Gasteiger partial charge in [0.15, 0.2) is 5.13 Å². The molecule has 2 saturated heterocycles. The molecule has 0 bridgehead atoms. The van der Waals surface area contributed by atoms with Gasteiger partial charge in [0.05, 0.1) is 22.2 Å². The largest absolute Gasteiger partial charge is 0.368 e. The van der Waals surface area contributed by atoms with Gasteiger partial charge in [0.25, 0.3) is 11.6 Å². The summed E-state index contributed by atoms with van der Waals surface area (Å²) in [6, 6.07) is 13.9. The van der Waals surface area contributed by atoms with Gasteiger partial charge in [0.2, 0.25) is 5.91 Å². The Morgan fingerprint density at radius 3 is 2.28 bits per heavy atom. The van der Waals surface area contributed by atoms with Gasteiger partial charge < -0.3 is 20.0 Å². The highest BCUT2D eigenvalue weighted by molar-refractivity contribution is 7.14. The van der Waals surface area contributed by atoms with E-state index in [1.165, 1.54) is 23.5 Å². The molecule has 39 heavy (non-hydrogen) atoms. The Labute approximate surface area is 234 Å². The zero-order chi connectivity index (χ0) is 27.4. The van der Waals surface area contributed by atoms with Crippen LogP contribution < -0.4 is 10.2 Å². The summed E-state index contributed by atoms with van der Waals surface area (Å²) in [6.07, 6.45) is 0. The summed E-state index contributed by atoms with van der Waals surface area (Å²) >= 11 is 7.55. The number of rotatable bonds is 7. The predicted molar refractivity (Wildman–Crippen MR) is 151 cm³/mol. The maximum Gasteiger partial charge on any atom is 0.273 e. The Kier molecular flexibility index (Phi) is 8.24. The Morgan fingerprint density at radius 1 is 0.949 bits per heavy atom. The van der Waals surface area contributed by atoms with Crippen molar-refractivity contribution in [2.75, 3.05) is 69.1 Å². The highest BCUT2D eigenvalue weighted by atomic mass is 35.5. The third-order valence-corrected chi connectivity index (χ3v) is 8.00. The fraction of sp³-hybridized carbons (Fsp3) is 0.346. The second-order valence-electron chi connectivity index (χ2n) is 9.35. The molecule has 0 saturated carbocycles. The molecule has 3 aromatic rings. The molecule has 13 heteroatoms. The molecular formula is C26H28ClN7O4S. The number of nitro groups is 1. The smallest absolute Gasteiger partial charge is 0.273 e. The first-order chi connectivity index (χ1) is 18.9. The molecule has 0 aliphatic carbocycles. The minimum Gasteiger partial charge on any atom is -0.368 e. The van der Waals surface area contributed by atoms with E-state index in [9.17, 15) is 19.7 Å². The molecule has 0 unspecified atom stereocenters. The number of hydrogen-bond acceptors (Lipinski definition) is 9. The highest BCUT2D eigenvalue weighted by Crippen LogP contribution is 2.27. The average molecular weight is 570 g/mol. The van der Waals surface area contributed by atoms with Crippen LogP contribution in [0.15, 0.2) is 53.9 Å². The van der Waals surface area contributed by atoms with Crippen molar-refractivity contribution in [2.24, 2.45) is 0 Å². The Bertz CT molecular complexity index is 1340. The van der Waals surface area contributed by atoms with Crippen molar-refractivity contribution in [1.82, 2.24) is 19.7 Å². The standard InChI is InChI=1S/C26H28ClN7O4S/c27-21-3-1-2-4-22(21)28-26-29-23(18-39-26)25(36)33-11-9-30(10-12-33)17-24(35)32-15-13-31(14-16-32)19-5-7-20(8-6-19)34(37)38/h1-8,18H,9-17H2,(H,28,29). The summed E-state index contributed by atoms with van der Waals surface area (Å²) in [7, 11) is 0. The molecular weight excluding hydrogens is 542 g/mol. The zero-order valence-corrected chi connectivity index (χ0v) is 22.7. The molecule has 2 fully saturated rings. The number of para-hydroxylation sites is 1. The SMILES string of the molecule is O=C(CN1CCN(C(=O)c2csc(Nc3ccccc3Cl)n2)CC1)N1CCN(c2ccc([N+](=O)[O-])cc2)CC1. The van der Waals surface area contributed by atoms with Crippen molar-refractivity contribution in [3.63, 3.8) is 0 Å². The highest BCUT2D eigenvalue weighted by Gasteiger charge is 2.27. The lowest BCUT2D eigenvalue weighted by atomic mass is 10.2. The van der Waals surface area contributed by atoms with Gasteiger partial charge in [-0.15, -0.1) is 11.3 Å². The number of halogens is 1. The number of carbonyl (C=O) groups excluding carboxylic acids is 2. The summed E-state index contributed by atoms with van der Waals surface area (Å²) in [5, 5.41) is 17.0. The molecule has 2 aromatic carbocycles. The normalized spacial score (nSPS) is 16.3. The number of thiazole rings is 1. The van der Waals surface area contributed by atoms with Gasteiger partial charge in [-0.2, -0.15) is 0 Å². The molecule has 3 heterocycles. The summed E-state index contributed by atoms with van der Waals surface area (Å²) in [4.78, 5) is 48.7. The summed E-state index contributed by atoms with van der Waals surface area (Å²) in [5.74, 6) is -0.0419. The number of benzene rings is 2. The number of anilines is 3. The van der Waals surface area contributed by atoms with Crippen LogP contribution >= 0.6 is 22.9 Å². The summed E-state index contributed by atoms with van der Waals surface area (Å²) in [6.45, 7) is 5.17. The second kappa shape index (κ2) is 12.0. The summed E-state index contributed by atoms with van der Waals surface area (Å²) < 4.78 is 0. The molecule has 5 rings (SSSR count). The van der Waals surface area contributed by atoms with Crippen LogP contribution in [0.1, 0.15) is 10.5 Å². The van der Waals surface area contributed by atoms with E-state index in [4.69, 9.17) is 11.6 Å². The molecule has 2 aliphatic heterocycles.